The molecular formula is C11H13F3N2. The number of hydrogen-bond donors (Lipinski definition) is 2. The molecular weight excluding hydrogens is 217 g/mol. The Morgan fingerprint density at radius 3 is 2.50 bits per heavy atom. The fourth-order valence-electron chi connectivity index (χ4n) is 1.59. The van der Waals surface area contributed by atoms with E-state index in [9.17, 15) is 13.2 Å². The van der Waals surface area contributed by atoms with E-state index in [1.165, 1.54) is 12.1 Å². The number of benzene rings is 1. The van der Waals surface area contributed by atoms with Crippen molar-refractivity contribution in [2.24, 2.45) is 5.73 Å². The molecule has 0 saturated heterocycles. The lowest BCUT2D eigenvalue weighted by atomic mass is 10.1. The molecule has 0 bridgehead atoms. The molecule has 0 radical (unpaired) electrons. The van der Waals surface area contributed by atoms with E-state index in [2.05, 4.69) is 5.32 Å². The van der Waals surface area contributed by atoms with Crippen molar-refractivity contribution in [2.75, 3.05) is 5.32 Å². The summed E-state index contributed by atoms with van der Waals surface area (Å²) in [5.41, 5.74) is 5.55. The molecule has 88 valence electrons. The minimum Gasteiger partial charge on any atom is -0.382 e. The maximum absolute atomic E-state index is 12.6. The standard InChI is InChI=1S/C11H13F3N2/c12-11(13,14)10-4-3-9(5-7(10)6-15)16-8-1-2-8/h3-5,8,16H,1-2,6,15H2. The Morgan fingerprint density at radius 2 is 2.00 bits per heavy atom. The van der Waals surface area contributed by atoms with E-state index >= 15 is 0 Å². The second kappa shape index (κ2) is 3.97. The Morgan fingerprint density at radius 1 is 1.31 bits per heavy atom. The summed E-state index contributed by atoms with van der Waals surface area (Å²) in [7, 11) is 0. The van der Waals surface area contributed by atoms with Gasteiger partial charge in [-0.25, -0.2) is 0 Å². The van der Waals surface area contributed by atoms with Crippen LogP contribution in [0.4, 0.5) is 18.9 Å². The SMILES string of the molecule is NCc1cc(NC2CC2)ccc1C(F)(F)F. The predicted octanol–water partition coefficient (Wildman–Crippen LogP) is 2.74. The van der Waals surface area contributed by atoms with Gasteiger partial charge in [0, 0.05) is 18.3 Å². The highest BCUT2D eigenvalue weighted by atomic mass is 19.4. The molecule has 1 aromatic carbocycles. The highest BCUT2D eigenvalue weighted by Gasteiger charge is 2.33. The van der Waals surface area contributed by atoms with Crippen LogP contribution in [0.3, 0.4) is 0 Å². The Hall–Kier alpha value is -1.23. The maximum atomic E-state index is 12.6. The summed E-state index contributed by atoms with van der Waals surface area (Å²) in [5.74, 6) is 0. The third-order valence-electron chi connectivity index (χ3n) is 2.58. The first kappa shape index (κ1) is 11.3. The summed E-state index contributed by atoms with van der Waals surface area (Å²) in [6, 6.07) is 4.45. The Balaban J connectivity index is 2.26. The van der Waals surface area contributed by atoms with Crippen molar-refractivity contribution in [3.8, 4) is 0 Å². The smallest absolute Gasteiger partial charge is 0.382 e. The molecule has 0 aliphatic heterocycles. The topological polar surface area (TPSA) is 38.0 Å². The van der Waals surface area contributed by atoms with E-state index in [1.807, 2.05) is 0 Å². The first-order chi connectivity index (χ1) is 7.50. The van der Waals surface area contributed by atoms with E-state index < -0.39 is 11.7 Å². The van der Waals surface area contributed by atoms with Gasteiger partial charge in [-0.2, -0.15) is 13.2 Å². The van der Waals surface area contributed by atoms with Gasteiger partial charge >= 0.3 is 6.18 Å². The number of hydrogen-bond acceptors (Lipinski definition) is 2. The second-order valence-corrected chi connectivity index (χ2v) is 3.99. The zero-order valence-electron chi connectivity index (χ0n) is 8.64. The van der Waals surface area contributed by atoms with E-state index in [4.69, 9.17) is 5.73 Å². The summed E-state index contributed by atoms with van der Waals surface area (Å²) in [6.45, 7) is -0.102. The van der Waals surface area contributed by atoms with Gasteiger partial charge in [-0.3, -0.25) is 0 Å². The number of anilines is 1. The lowest BCUT2D eigenvalue weighted by Gasteiger charge is -2.13. The monoisotopic (exact) mass is 230 g/mol. The summed E-state index contributed by atoms with van der Waals surface area (Å²) < 4.78 is 37.7. The molecule has 1 fully saturated rings. The molecule has 16 heavy (non-hydrogen) atoms. The van der Waals surface area contributed by atoms with E-state index in [1.54, 1.807) is 0 Å². The van der Waals surface area contributed by atoms with Crippen molar-refractivity contribution in [1.29, 1.82) is 0 Å². The highest BCUT2D eigenvalue weighted by molar-refractivity contribution is 5.50. The average Bonchev–Trinajstić information content (AvgIpc) is 3.00. The van der Waals surface area contributed by atoms with Gasteiger partial charge < -0.3 is 11.1 Å². The lowest BCUT2D eigenvalue weighted by Crippen LogP contribution is -2.13. The van der Waals surface area contributed by atoms with Crippen molar-refractivity contribution in [1.82, 2.24) is 0 Å². The van der Waals surface area contributed by atoms with Crippen LogP contribution in [-0.2, 0) is 12.7 Å². The number of rotatable bonds is 3. The van der Waals surface area contributed by atoms with Crippen LogP contribution in [0.5, 0.6) is 0 Å². The fourth-order valence-corrected chi connectivity index (χ4v) is 1.59. The molecule has 0 spiro atoms. The van der Waals surface area contributed by atoms with Crippen molar-refractivity contribution < 1.29 is 13.2 Å². The minimum atomic E-state index is -4.33. The normalized spacial score (nSPS) is 16.2. The quantitative estimate of drug-likeness (QED) is 0.837. The van der Waals surface area contributed by atoms with Crippen molar-refractivity contribution >= 4 is 5.69 Å². The van der Waals surface area contributed by atoms with Gasteiger partial charge in [0.2, 0.25) is 0 Å². The molecule has 0 unspecified atom stereocenters. The molecule has 2 nitrogen and oxygen atoms in total. The van der Waals surface area contributed by atoms with Gasteiger partial charge in [0.1, 0.15) is 0 Å². The van der Waals surface area contributed by atoms with Crippen LogP contribution in [0.2, 0.25) is 0 Å². The van der Waals surface area contributed by atoms with Gasteiger partial charge in [-0.05, 0) is 36.6 Å². The van der Waals surface area contributed by atoms with Crippen molar-refractivity contribution in [2.45, 2.75) is 31.6 Å². The third-order valence-corrected chi connectivity index (χ3v) is 2.58. The molecule has 0 aromatic heterocycles. The summed E-state index contributed by atoms with van der Waals surface area (Å²) >= 11 is 0. The number of alkyl halides is 3. The van der Waals surface area contributed by atoms with Crippen LogP contribution in [0.1, 0.15) is 24.0 Å². The number of halogens is 3. The summed E-state index contributed by atoms with van der Waals surface area (Å²) in [5, 5.41) is 3.15. The Labute approximate surface area is 91.6 Å². The maximum Gasteiger partial charge on any atom is 0.416 e. The van der Waals surface area contributed by atoms with Crippen LogP contribution in [0.15, 0.2) is 18.2 Å². The largest absolute Gasteiger partial charge is 0.416 e. The van der Waals surface area contributed by atoms with Crippen LogP contribution in [-0.4, -0.2) is 6.04 Å². The molecule has 0 amide bonds. The first-order valence-electron chi connectivity index (χ1n) is 5.17. The third kappa shape index (κ3) is 2.47. The lowest BCUT2D eigenvalue weighted by molar-refractivity contribution is -0.138. The van der Waals surface area contributed by atoms with Crippen LogP contribution in [0.25, 0.3) is 0 Å². The van der Waals surface area contributed by atoms with E-state index in [0.29, 0.717) is 6.04 Å². The zero-order valence-corrected chi connectivity index (χ0v) is 8.64. The van der Waals surface area contributed by atoms with E-state index in [0.717, 1.165) is 24.6 Å². The molecule has 1 saturated carbocycles. The average molecular weight is 230 g/mol. The highest BCUT2D eigenvalue weighted by Crippen LogP contribution is 2.34. The molecule has 1 aromatic rings. The van der Waals surface area contributed by atoms with Gasteiger partial charge in [0.15, 0.2) is 0 Å². The molecule has 0 atom stereocenters. The molecule has 2 rings (SSSR count). The zero-order chi connectivity index (χ0) is 11.8. The second-order valence-electron chi connectivity index (χ2n) is 3.99. The fraction of sp³-hybridized carbons (Fsp3) is 0.455. The number of nitrogens with one attached hydrogen (secondary N) is 1. The van der Waals surface area contributed by atoms with Gasteiger partial charge in [-0.15, -0.1) is 0 Å². The van der Waals surface area contributed by atoms with Gasteiger partial charge in [0.25, 0.3) is 0 Å². The molecule has 0 heterocycles. The summed E-state index contributed by atoms with van der Waals surface area (Å²) in [6.07, 6.45) is -2.16. The van der Waals surface area contributed by atoms with Crippen LogP contribution >= 0.6 is 0 Å². The predicted molar refractivity (Wildman–Crippen MR) is 56.0 cm³/mol. The number of nitrogens with two attached hydrogens (primary N) is 1. The Bertz CT molecular complexity index is 383. The first-order valence-corrected chi connectivity index (χ1v) is 5.17. The van der Waals surface area contributed by atoms with E-state index in [-0.39, 0.29) is 12.1 Å². The van der Waals surface area contributed by atoms with Crippen molar-refractivity contribution in [3.05, 3.63) is 29.3 Å². The van der Waals surface area contributed by atoms with Crippen LogP contribution in [0, 0.1) is 0 Å². The Kier molecular flexibility index (Phi) is 2.80. The summed E-state index contributed by atoms with van der Waals surface area (Å²) in [4.78, 5) is 0. The van der Waals surface area contributed by atoms with Gasteiger partial charge in [0.05, 0.1) is 5.56 Å². The van der Waals surface area contributed by atoms with Crippen LogP contribution < -0.4 is 11.1 Å². The van der Waals surface area contributed by atoms with Crippen molar-refractivity contribution in [3.63, 3.8) is 0 Å². The molecule has 3 N–H and O–H groups in total. The molecule has 1 aliphatic carbocycles. The minimum absolute atomic E-state index is 0.102. The van der Waals surface area contributed by atoms with Gasteiger partial charge in [-0.1, -0.05) is 0 Å². The molecule has 1 aliphatic rings. The molecule has 5 heteroatoms.